The molecule has 2 rings (SSSR count). The van der Waals surface area contributed by atoms with Crippen LogP contribution in [0.3, 0.4) is 0 Å². The van der Waals surface area contributed by atoms with E-state index in [9.17, 15) is 13.2 Å². The first-order chi connectivity index (χ1) is 9.32. The van der Waals surface area contributed by atoms with Gasteiger partial charge in [-0.1, -0.05) is 21.1 Å². The predicted octanol–water partition coefficient (Wildman–Crippen LogP) is 2.75. The van der Waals surface area contributed by atoms with E-state index in [1.54, 1.807) is 6.07 Å². The third-order valence-corrected chi connectivity index (χ3v) is 2.96. The fraction of sp³-hybridized carbons (Fsp3) is 0.0909. The molecule has 1 aromatic carbocycles. The van der Waals surface area contributed by atoms with Gasteiger partial charge >= 0.3 is 6.18 Å². The molecule has 0 bridgehead atoms. The Bertz CT molecular complexity index is 666. The maximum absolute atomic E-state index is 12.5. The molecule has 20 heavy (non-hydrogen) atoms. The van der Waals surface area contributed by atoms with Crippen molar-refractivity contribution in [3.63, 3.8) is 0 Å². The number of amidine groups is 1. The molecule has 0 aliphatic carbocycles. The van der Waals surface area contributed by atoms with E-state index in [1.807, 2.05) is 0 Å². The number of rotatable bonds is 2. The van der Waals surface area contributed by atoms with Gasteiger partial charge in [0.25, 0.3) is 0 Å². The molecule has 0 aliphatic heterocycles. The highest BCUT2D eigenvalue weighted by molar-refractivity contribution is 9.10. The summed E-state index contributed by atoms with van der Waals surface area (Å²) < 4.78 is 39.3. The Morgan fingerprint density at radius 3 is 2.60 bits per heavy atom. The van der Waals surface area contributed by atoms with Crippen molar-refractivity contribution in [3.05, 3.63) is 46.2 Å². The fourth-order valence-electron chi connectivity index (χ4n) is 1.57. The molecule has 0 spiro atoms. The average Bonchev–Trinajstić information content (AvgIpc) is 2.87. The highest BCUT2D eigenvalue weighted by Crippen LogP contribution is 2.28. The van der Waals surface area contributed by atoms with Gasteiger partial charge in [0, 0.05) is 16.2 Å². The molecule has 3 N–H and O–H groups in total. The van der Waals surface area contributed by atoms with Crippen molar-refractivity contribution in [1.82, 2.24) is 9.78 Å². The summed E-state index contributed by atoms with van der Waals surface area (Å²) in [6, 6.07) is 5.48. The Kier molecular flexibility index (Phi) is 3.71. The van der Waals surface area contributed by atoms with Gasteiger partial charge in [0.15, 0.2) is 11.5 Å². The first kappa shape index (κ1) is 14.4. The third kappa shape index (κ3) is 2.77. The fourth-order valence-corrected chi connectivity index (χ4v) is 1.92. The lowest BCUT2D eigenvalue weighted by molar-refractivity contribution is -0.141. The predicted molar refractivity (Wildman–Crippen MR) is 68.8 cm³/mol. The Balaban J connectivity index is 2.57. The summed E-state index contributed by atoms with van der Waals surface area (Å²) in [6.45, 7) is 0. The molecule has 0 saturated heterocycles. The van der Waals surface area contributed by atoms with Gasteiger partial charge in [-0.3, -0.25) is 0 Å². The van der Waals surface area contributed by atoms with Crippen LogP contribution in [0.15, 0.2) is 40.1 Å². The van der Waals surface area contributed by atoms with Gasteiger partial charge in [0.05, 0.1) is 5.69 Å². The number of alkyl halides is 3. The van der Waals surface area contributed by atoms with Crippen LogP contribution in [0, 0.1) is 0 Å². The number of oxime groups is 1. The number of benzene rings is 1. The van der Waals surface area contributed by atoms with Gasteiger partial charge in [-0.2, -0.15) is 18.3 Å². The summed E-state index contributed by atoms with van der Waals surface area (Å²) in [7, 11) is 0. The minimum absolute atomic E-state index is 0.225. The zero-order valence-electron chi connectivity index (χ0n) is 9.76. The highest BCUT2D eigenvalue weighted by atomic mass is 79.9. The van der Waals surface area contributed by atoms with E-state index in [2.05, 4.69) is 26.2 Å². The molecular weight excluding hydrogens is 341 g/mol. The Morgan fingerprint density at radius 1 is 1.35 bits per heavy atom. The second kappa shape index (κ2) is 5.16. The Hall–Kier alpha value is -2.03. The molecular formula is C11H8BrF3N4O. The van der Waals surface area contributed by atoms with Crippen LogP contribution in [0.4, 0.5) is 13.2 Å². The van der Waals surface area contributed by atoms with E-state index in [-0.39, 0.29) is 17.1 Å². The number of nitrogens with two attached hydrogens (primary N) is 1. The van der Waals surface area contributed by atoms with Crippen LogP contribution in [0.1, 0.15) is 11.3 Å². The molecule has 0 saturated carbocycles. The van der Waals surface area contributed by atoms with Gasteiger partial charge < -0.3 is 10.9 Å². The Labute approximate surface area is 119 Å². The molecule has 0 atom stereocenters. The second-order valence-electron chi connectivity index (χ2n) is 3.79. The van der Waals surface area contributed by atoms with Crippen LogP contribution in [0.2, 0.25) is 0 Å². The smallest absolute Gasteiger partial charge is 0.409 e. The van der Waals surface area contributed by atoms with Crippen LogP contribution >= 0.6 is 15.9 Å². The highest BCUT2D eigenvalue weighted by Gasteiger charge is 2.33. The van der Waals surface area contributed by atoms with E-state index in [1.165, 1.54) is 12.1 Å². The van der Waals surface area contributed by atoms with Crippen LogP contribution in [0.5, 0.6) is 0 Å². The van der Waals surface area contributed by atoms with Gasteiger partial charge in [-0.15, -0.1) is 0 Å². The molecule has 9 heteroatoms. The van der Waals surface area contributed by atoms with Gasteiger partial charge in [0.1, 0.15) is 0 Å². The molecule has 1 aromatic heterocycles. The normalized spacial score (nSPS) is 12.7. The zero-order valence-corrected chi connectivity index (χ0v) is 11.4. The number of nitrogens with zero attached hydrogens (tertiary/aromatic N) is 3. The van der Waals surface area contributed by atoms with Crippen molar-refractivity contribution in [2.24, 2.45) is 10.9 Å². The monoisotopic (exact) mass is 348 g/mol. The molecule has 0 amide bonds. The summed E-state index contributed by atoms with van der Waals surface area (Å²) in [6.07, 6.45) is -3.38. The molecule has 2 aromatic rings. The van der Waals surface area contributed by atoms with E-state index in [4.69, 9.17) is 10.9 Å². The first-order valence-electron chi connectivity index (χ1n) is 5.23. The lowest BCUT2D eigenvalue weighted by Crippen LogP contribution is -2.17. The van der Waals surface area contributed by atoms with Crippen LogP contribution < -0.4 is 5.73 Å². The minimum Gasteiger partial charge on any atom is -0.409 e. The largest absolute Gasteiger partial charge is 0.435 e. The molecule has 0 fully saturated rings. The summed E-state index contributed by atoms with van der Waals surface area (Å²) in [4.78, 5) is 0. The van der Waals surface area contributed by atoms with Gasteiger partial charge in [-0.05, 0) is 24.3 Å². The third-order valence-electron chi connectivity index (χ3n) is 2.47. The van der Waals surface area contributed by atoms with Crippen molar-refractivity contribution < 1.29 is 18.4 Å². The number of aromatic nitrogens is 2. The maximum Gasteiger partial charge on any atom is 0.435 e. The maximum atomic E-state index is 12.5. The summed E-state index contributed by atoms with van der Waals surface area (Å²) >= 11 is 3.20. The quantitative estimate of drug-likeness (QED) is 0.379. The van der Waals surface area contributed by atoms with E-state index in [0.717, 1.165) is 16.9 Å². The Morgan fingerprint density at radius 2 is 2.05 bits per heavy atom. The van der Waals surface area contributed by atoms with E-state index < -0.39 is 11.9 Å². The molecule has 0 aliphatic rings. The molecule has 0 radical (unpaired) electrons. The standard InChI is InChI=1S/C11H8BrF3N4O/c12-6-1-2-7(10(16)18-20)8(5-6)19-4-3-9(17-19)11(13,14)15/h1-5,20H,(H2,16,18). The van der Waals surface area contributed by atoms with Crippen LogP contribution in [-0.2, 0) is 6.18 Å². The topological polar surface area (TPSA) is 76.4 Å². The zero-order chi connectivity index (χ0) is 14.9. The molecule has 1 heterocycles. The van der Waals surface area contributed by atoms with Crippen molar-refractivity contribution in [3.8, 4) is 5.69 Å². The lowest BCUT2D eigenvalue weighted by atomic mass is 10.1. The number of hydrogen-bond acceptors (Lipinski definition) is 3. The summed E-state index contributed by atoms with van der Waals surface area (Å²) in [5.41, 5.74) is 4.98. The van der Waals surface area contributed by atoms with Crippen LogP contribution in [0.25, 0.3) is 5.69 Å². The van der Waals surface area contributed by atoms with E-state index in [0.29, 0.717) is 4.47 Å². The van der Waals surface area contributed by atoms with Crippen molar-refractivity contribution in [1.29, 1.82) is 0 Å². The second-order valence-corrected chi connectivity index (χ2v) is 4.71. The van der Waals surface area contributed by atoms with Crippen molar-refractivity contribution in [2.45, 2.75) is 6.18 Å². The molecule has 5 nitrogen and oxygen atoms in total. The summed E-state index contributed by atoms with van der Waals surface area (Å²) in [5, 5.41) is 15.0. The van der Waals surface area contributed by atoms with Gasteiger partial charge in [-0.25, -0.2) is 4.68 Å². The summed E-state index contributed by atoms with van der Waals surface area (Å²) in [5.74, 6) is -0.225. The number of hydrogen-bond donors (Lipinski definition) is 2. The van der Waals surface area contributed by atoms with E-state index >= 15 is 0 Å². The average molecular weight is 349 g/mol. The van der Waals surface area contributed by atoms with Crippen molar-refractivity contribution in [2.75, 3.05) is 0 Å². The van der Waals surface area contributed by atoms with Crippen LogP contribution in [-0.4, -0.2) is 20.8 Å². The van der Waals surface area contributed by atoms with Crippen molar-refractivity contribution >= 4 is 21.8 Å². The number of halogens is 4. The lowest BCUT2D eigenvalue weighted by Gasteiger charge is -2.09. The SMILES string of the molecule is N/C(=N/O)c1ccc(Br)cc1-n1ccc(C(F)(F)F)n1. The molecule has 0 unspecified atom stereocenters. The first-order valence-corrected chi connectivity index (χ1v) is 6.03. The minimum atomic E-state index is -4.53. The molecule has 106 valence electrons. The van der Waals surface area contributed by atoms with Gasteiger partial charge in [0.2, 0.25) is 0 Å².